The summed E-state index contributed by atoms with van der Waals surface area (Å²) in [5, 5.41) is 11.5. The van der Waals surface area contributed by atoms with Gasteiger partial charge in [-0.05, 0) is 31.2 Å². The summed E-state index contributed by atoms with van der Waals surface area (Å²) in [6, 6.07) is 8.42. The van der Waals surface area contributed by atoms with Gasteiger partial charge < -0.3 is 4.74 Å². The number of hydrogen-bond acceptors (Lipinski definition) is 4. The lowest BCUT2D eigenvalue weighted by atomic mass is 10.1. The number of nitrogens with zero attached hydrogens (tertiary/aromatic N) is 1. The number of ether oxygens (including phenoxy) is 1. The molecule has 0 amide bonds. The van der Waals surface area contributed by atoms with E-state index < -0.39 is 4.92 Å². The molecule has 0 atom stereocenters. The van der Waals surface area contributed by atoms with E-state index in [0.29, 0.717) is 10.8 Å². The van der Waals surface area contributed by atoms with Gasteiger partial charge in [0, 0.05) is 17.2 Å². The molecular formula is C14H9Cl2NO4. The molecule has 7 heteroatoms. The van der Waals surface area contributed by atoms with Gasteiger partial charge in [0.15, 0.2) is 5.78 Å². The standard InChI is InChI=1S/C14H9Cl2NO4/c1-8(18)11-7-10(17(19)20)3-5-13(11)21-14-4-2-9(15)6-12(14)16/h2-7H,1H3. The monoisotopic (exact) mass is 325 g/mol. The van der Waals surface area contributed by atoms with E-state index >= 15 is 0 Å². The Morgan fingerprint density at radius 3 is 2.38 bits per heavy atom. The van der Waals surface area contributed by atoms with Gasteiger partial charge in [-0.15, -0.1) is 0 Å². The molecule has 2 rings (SSSR count). The van der Waals surface area contributed by atoms with Crippen LogP contribution in [0.4, 0.5) is 5.69 Å². The summed E-state index contributed by atoms with van der Waals surface area (Å²) >= 11 is 11.8. The smallest absolute Gasteiger partial charge is 0.270 e. The van der Waals surface area contributed by atoms with Crippen molar-refractivity contribution in [2.75, 3.05) is 0 Å². The zero-order chi connectivity index (χ0) is 15.6. The van der Waals surface area contributed by atoms with Gasteiger partial charge in [0.05, 0.1) is 15.5 Å². The van der Waals surface area contributed by atoms with Gasteiger partial charge in [-0.2, -0.15) is 0 Å². The van der Waals surface area contributed by atoms with Crippen molar-refractivity contribution < 1.29 is 14.5 Å². The van der Waals surface area contributed by atoms with Crippen LogP contribution in [0.15, 0.2) is 36.4 Å². The van der Waals surface area contributed by atoms with Crippen molar-refractivity contribution in [2.24, 2.45) is 0 Å². The summed E-state index contributed by atoms with van der Waals surface area (Å²) in [6.07, 6.45) is 0. The minimum atomic E-state index is -0.578. The van der Waals surface area contributed by atoms with Crippen molar-refractivity contribution in [1.82, 2.24) is 0 Å². The Hall–Kier alpha value is -2.11. The fraction of sp³-hybridized carbons (Fsp3) is 0.0714. The Bertz CT molecular complexity index is 731. The second-order valence-electron chi connectivity index (χ2n) is 4.17. The normalized spacial score (nSPS) is 10.2. The molecule has 0 heterocycles. The number of benzene rings is 2. The lowest BCUT2D eigenvalue weighted by Crippen LogP contribution is -1.99. The molecule has 0 bridgehead atoms. The predicted octanol–water partition coefficient (Wildman–Crippen LogP) is 4.90. The van der Waals surface area contributed by atoms with Crippen molar-refractivity contribution in [1.29, 1.82) is 0 Å². The van der Waals surface area contributed by atoms with Crippen LogP contribution >= 0.6 is 23.2 Å². The molecule has 0 unspecified atom stereocenters. The van der Waals surface area contributed by atoms with Crippen LogP contribution in [0.3, 0.4) is 0 Å². The Kier molecular flexibility index (Phi) is 4.45. The van der Waals surface area contributed by atoms with Gasteiger partial charge in [-0.25, -0.2) is 0 Å². The van der Waals surface area contributed by atoms with Gasteiger partial charge in [0.2, 0.25) is 0 Å². The van der Waals surface area contributed by atoms with Gasteiger partial charge in [-0.1, -0.05) is 23.2 Å². The average Bonchev–Trinajstić information content (AvgIpc) is 2.41. The molecule has 0 saturated heterocycles. The molecule has 2 aromatic carbocycles. The SMILES string of the molecule is CC(=O)c1cc([N+](=O)[O-])ccc1Oc1ccc(Cl)cc1Cl. The molecule has 0 saturated carbocycles. The van der Waals surface area contributed by atoms with Gasteiger partial charge in [0.25, 0.3) is 5.69 Å². The maximum atomic E-state index is 11.6. The largest absolute Gasteiger partial charge is 0.455 e. The van der Waals surface area contributed by atoms with Crippen LogP contribution in [0.1, 0.15) is 17.3 Å². The van der Waals surface area contributed by atoms with Crippen molar-refractivity contribution in [3.8, 4) is 11.5 Å². The lowest BCUT2D eigenvalue weighted by Gasteiger charge is -2.10. The topological polar surface area (TPSA) is 69.4 Å². The quantitative estimate of drug-likeness (QED) is 0.455. The molecule has 0 radical (unpaired) electrons. The zero-order valence-electron chi connectivity index (χ0n) is 10.8. The van der Waals surface area contributed by atoms with Crippen LogP contribution in [-0.4, -0.2) is 10.7 Å². The third-order valence-electron chi connectivity index (χ3n) is 2.67. The zero-order valence-corrected chi connectivity index (χ0v) is 12.3. The summed E-state index contributed by atoms with van der Waals surface area (Å²) in [7, 11) is 0. The van der Waals surface area contributed by atoms with Crippen LogP contribution in [0.2, 0.25) is 10.0 Å². The van der Waals surface area contributed by atoms with E-state index in [1.165, 1.54) is 31.2 Å². The molecule has 0 fully saturated rings. The van der Waals surface area contributed by atoms with E-state index in [0.717, 1.165) is 0 Å². The Labute approximate surface area is 130 Å². The van der Waals surface area contributed by atoms with Crippen LogP contribution in [0, 0.1) is 10.1 Å². The highest BCUT2D eigenvalue weighted by Gasteiger charge is 2.16. The van der Waals surface area contributed by atoms with Crippen molar-refractivity contribution >= 4 is 34.7 Å². The number of carbonyl (C=O) groups excluding carboxylic acids is 1. The van der Waals surface area contributed by atoms with E-state index in [1.807, 2.05) is 0 Å². The molecule has 0 N–H and O–H groups in total. The molecule has 2 aromatic rings. The van der Waals surface area contributed by atoms with E-state index in [4.69, 9.17) is 27.9 Å². The Balaban J connectivity index is 2.44. The summed E-state index contributed by atoms with van der Waals surface area (Å²) in [5.74, 6) is 0.147. The maximum Gasteiger partial charge on any atom is 0.270 e. The van der Waals surface area contributed by atoms with E-state index in [2.05, 4.69) is 0 Å². The fourth-order valence-electron chi connectivity index (χ4n) is 1.67. The third-order valence-corrected chi connectivity index (χ3v) is 3.20. The van der Waals surface area contributed by atoms with Crippen LogP contribution in [0.5, 0.6) is 11.5 Å². The first-order chi connectivity index (χ1) is 9.88. The highest BCUT2D eigenvalue weighted by atomic mass is 35.5. The average molecular weight is 326 g/mol. The van der Waals surface area contributed by atoms with Crippen LogP contribution in [0.25, 0.3) is 0 Å². The molecule has 0 aromatic heterocycles. The number of non-ortho nitro benzene ring substituents is 1. The molecule has 0 aliphatic carbocycles. The number of carbonyl (C=O) groups is 1. The maximum absolute atomic E-state index is 11.6. The fourth-order valence-corrected chi connectivity index (χ4v) is 2.12. The van der Waals surface area contributed by atoms with Crippen molar-refractivity contribution in [2.45, 2.75) is 6.92 Å². The molecule has 0 aliphatic rings. The molecule has 108 valence electrons. The van der Waals surface area contributed by atoms with Crippen molar-refractivity contribution in [3.05, 3.63) is 62.1 Å². The first-order valence-electron chi connectivity index (χ1n) is 5.81. The number of halogens is 2. The highest BCUT2D eigenvalue weighted by Crippen LogP contribution is 2.34. The minimum Gasteiger partial charge on any atom is -0.455 e. The number of Topliss-reactive ketones (excluding diaryl/α,β-unsaturated/α-hetero) is 1. The summed E-state index contributed by atoms with van der Waals surface area (Å²) in [5.41, 5.74) is -0.0787. The van der Waals surface area contributed by atoms with Gasteiger partial charge in [0.1, 0.15) is 11.5 Å². The molecule has 5 nitrogen and oxygen atoms in total. The molecule has 0 spiro atoms. The summed E-state index contributed by atoms with van der Waals surface area (Å²) < 4.78 is 5.56. The first kappa shape index (κ1) is 15.3. The van der Waals surface area contributed by atoms with E-state index in [-0.39, 0.29) is 27.8 Å². The van der Waals surface area contributed by atoms with Crippen LogP contribution in [-0.2, 0) is 0 Å². The first-order valence-corrected chi connectivity index (χ1v) is 6.56. The summed E-state index contributed by atoms with van der Waals surface area (Å²) in [4.78, 5) is 21.8. The predicted molar refractivity (Wildman–Crippen MR) is 79.6 cm³/mol. The highest BCUT2D eigenvalue weighted by molar-refractivity contribution is 6.35. The van der Waals surface area contributed by atoms with Gasteiger partial charge in [-0.3, -0.25) is 14.9 Å². The Morgan fingerprint density at radius 2 is 1.81 bits per heavy atom. The lowest BCUT2D eigenvalue weighted by molar-refractivity contribution is -0.384. The summed E-state index contributed by atoms with van der Waals surface area (Å²) in [6.45, 7) is 1.30. The van der Waals surface area contributed by atoms with Crippen LogP contribution < -0.4 is 4.74 Å². The number of rotatable bonds is 4. The second kappa shape index (κ2) is 6.11. The molecule has 21 heavy (non-hydrogen) atoms. The van der Waals surface area contributed by atoms with Gasteiger partial charge >= 0.3 is 0 Å². The van der Waals surface area contributed by atoms with E-state index in [9.17, 15) is 14.9 Å². The number of hydrogen-bond donors (Lipinski definition) is 0. The second-order valence-corrected chi connectivity index (χ2v) is 5.01. The van der Waals surface area contributed by atoms with E-state index in [1.54, 1.807) is 12.1 Å². The number of nitro groups is 1. The minimum absolute atomic E-state index is 0.107. The number of nitro benzene ring substituents is 1. The molecule has 0 aliphatic heterocycles. The molecular weight excluding hydrogens is 317 g/mol. The number of ketones is 1. The third kappa shape index (κ3) is 3.51. The van der Waals surface area contributed by atoms with Crippen molar-refractivity contribution in [3.63, 3.8) is 0 Å². The Morgan fingerprint density at radius 1 is 1.14 bits per heavy atom.